The van der Waals surface area contributed by atoms with Crippen LogP contribution in [0.15, 0.2) is 42.9 Å². The van der Waals surface area contributed by atoms with E-state index in [1.54, 1.807) is 20.8 Å². The van der Waals surface area contributed by atoms with E-state index in [9.17, 15) is 24.3 Å². The normalized spacial score (nSPS) is 15.4. The summed E-state index contributed by atoms with van der Waals surface area (Å²) in [6.07, 6.45) is 3.78. The van der Waals surface area contributed by atoms with Gasteiger partial charge in [0.2, 0.25) is 5.91 Å². The molecule has 1 aromatic carbocycles. The van der Waals surface area contributed by atoms with Crippen molar-refractivity contribution in [3.8, 4) is 0 Å². The van der Waals surface area contributed by atoms with Crippen molar-refractivity contribution in [2.75, 3.05) is 11.9 Å². The molecular weight excluding hydrogens is 506 g/mol. The largest absolute Gasteiger partial charge is 0.479 e. The van der Waals surface area contributed by atoms with Gasteiger partial charge >= 0.3 is 12.1 Å². The molecule has 0 spiro atoms. The van der Waals surface area contributed by atoms with Crippen molar-refractivity contribution in [3.63, 3.8) is 0 Å². The Labute approximate surface area is 227 Å². The zero-order chi connectivity index (χ0) is 28.8. The highest BCUT2D eigenvalue weighted by atomic mass is 16.6. The van der Waals surface area contributed by atoms with Crippen LogP contribution in [0.3, 0.4) is 0 Å². The maximum absolute atomic E-state index is 13.2. The number of carbonyl (C=O) groups is 4. The van der Waals surface area contributed by atoms with Gasteiger partial charge in [-0.05, 0) is 59.4 Å². The van der Waals surface area contributed by atoms with Crippen LogP contribution in [0.4, 0.5) is 10.6 Å². The van der Waals surface area contributed by atoms with Gasteiger partial charge in [-0.15, -0.1) is 0 Å². The highest BCUT2D eigenvalue weighted by Gasteiger charge is 2.46. The molecule has 0 bridgehead atoms. The number of alkyl carbamates (subject to hydrolysis) is 1. The third-order valence-corrected chi connectivity index (χ3v) is 6.31. The molecule has 0 radical (unpaired) electrons. The number of anilines is 1. The van der Waals surface area contributed by atoms with Crippen LogP contribution in [-0.4, -0.2) is 62.3 Å². The van der Waals surface area contributed by atoms with Crippen molar-refractivity contribution in [2.45, 2.75) is 83.2 Å². The van der Waals surface area contributed by atoms with Crippen molar-refractivity contribution in [1.82, 2.24) is 20.2 Å². The van der Waals surface area contributed by atoms with Gasteiger partial charge in [0.1, 0.15) is 22.7 Å². The lowest BCUT2D eigenvalue weighted by molar-refractivity contribution is -0.152. The van der Waals surface area contributed by atoms with Crippen LogP contribution in [0, 0.1) is 0 Å². The van der Waals surface area contributed by atoms with Gasteiger partial charge in [0.25, 0.3) is 5.91 Å². The van der Waals surface area contributed by atoms with Gasteiger partial charge in [-0.25, -0.2) is 14.6 Å². The summed E-state index contributed by atoms with van der Waals surface area (Å²) in [5, 5.41) is 17.4. The molecule has 3 amide bonds. The van der Waals surface area contributed by atoms with E-state index in [0.29, 0.717) is 12.8 Å². The van der Waals surface area contributed by atoms with Gasteiger partial charge in [0, 0.05) is 6.20 Å². The van der Waals surface area contributed by atoms with Crippen LogP contribution in [0.2, 0.25) is 0 Å². The van der Waals surface area contributed by atoms with E-state index in [1.165, 1.54) is 30.9 Å². The van der Waals surface area contributed by atoms with Gasteiger partial charge in [0.05, 0.1) is 19.5 Å². The van der Waals surface area contributed by atoms with Gasteiger partial charge < -0.3 is 35.1 Å². The minimum atomic E-state index is -1.42. The summed E-state index contributed by atoms with van der Waals surface area (Å²) in [4.78, 5) is 54.5. The number of hydrogen-bond donors (Lipinski definition) is 4. The lowest BCUT2D eigenvalue weighted by atomic mass is 9.76. The molecule has 0 aliphatic heterocycles. The lowest BCUT2D eigenvalue weighted by Crippen LogP contribution is -2.59. The molecule has 3 rings (SSSR count). The summed E-state index contributed by atoms with van der Waals surface area (Å²) in [5.74, 6) is -2.07. The summed E-state index contributed by atoms with van der Waals surface area (Å²) in [7, 11) is 0. The van der Waals surface area contributed by atoms with E-state index in [1.807, 2.05) is 30.3 Å². The fraction of sp³-hybridized carbons (Fsp3) is 0.519. The van der Waals surface area contributed by atoms with E-state index in [4.69, 9.17) is 9.47 Å². The van der Waals surface area contributed by atoms with Crippen molar-refractivity contribution >= 4 is 29.7 Å². The number of aliphatic carboxylic acids is 1. The Hall–Kier alpha value is -3.93. The smallest absolute Gasteiger partial charge is 0.408 e. The fourth-order valence-corrected chi connectivity index (χ4v) is 3.93. The van der Waals surface area contributed by atoms with Crippen LogP contribution < -0.4 is 16.0 Å². The van der Waals surface area contributed by atoms with Gasteiger partial charge in [0.15, 0.2) is 5.82 Å². The number of imidazole rings is 1. The first-order chi connectivity index (χ1) is 18.2. The quantitative estimate of drug-likeness (QED) is 0.336. The number of aromatic nitrogens is 2. The van der Waals surface area contributed by atoms with Crippen LogP contribution in [0.1, 0.15) is 59.4 Å². The number of nitrogens with zero attached hydrogens (tertiary/aromatic N) is 2. The van der Waals surface area contributed by atoms with Crippen molar-refractivity contribution < 1.29 is 33.8 Å². The van der Waals surface area contributed by atoms with Gasteiger partial charge in [-0.1, -0.05) is 30.3 Å². The zero-order valence-electron chi connectivity index (χ0n) is 22.9. The molecule has 0 unspecified atom stereocenters. The van der Waals surface area contributed by atoms with Crippen LogP contribution in [0.5, 0.6) is 0 Å². The van der Waals surface area contributed by atoms with Gasteiger partial charge in [-0.3, -0.25) is 9.59 Å². The molecular formula is C27H37N5O7. The molecule has 1 fully saturated rings. The Morgan fingerprint density at radius 2 is 1.77 bits per heavy atom. The molecule has 2 aromatic rings. The molecule has 1 aliphatic rings. The van der Waals surface area contributed by atoms with Crippen molar-refractivity contribution in [3.05, 3.63) is 48.4 Å². The van der Waals surface area contributed by atoms with E-state index in [-0.39, 0.29) is 19.0 Å². The van der Waals surface area contributed by atoms with Crippen LogP contribution >= 0.6 is 0 Å². The Kier molecular flexibility index (Phi) is 9.00. The summed E-state index contributed by atoms with van der Waals surface area (Å²) >= 11 is 0. The number of nitrogens with one attached hydrogen (secondary N) is 3. The minimum absolute atomic E-state index is 0.140. The Morgan fingerprint density at radius 1 is 1.10 bits per heavy atom. The molecule has 1 saturated carbocycles. The van der Waals surface area contributed by atoms with Gasteiger partial charge in [-0.2, -0.15) is 0 Å². The Balaban J connectivity index is 1.70. The second-order valence-corrected chi connectivity index (χ2v) is 11.1. The Bertz CT molecular complexity index is 1180. The minimum Gasteiger partial charge on any atom is -0.479 e. The molecule has 212 valence electrons. The first-order valence-corrected chi connectivity index (χ1v) is 12.7. The third-order valence-electron chi connectivity index (χ3n) is 6.31. The van der Waals surface area contributed by atoms with Crippen molar-refractivity contribution in [1.29, 1.82) is 0 Å². The Morgan fingerprint density at radius 3 is 2.33 bits per heavy atom. The topological polar surface area (TPSA) is 161 Å². The third kappa shape index (κ3) is 7.79. The van der Waals surface area contributed by atoms with Crippen LogP contribution in [0.25, 0.3) is 0 Å². The number of amides is 3. The predicted molar refractivity (Wildman–Crippen MR) is 142 cm³/mol. The fourth-order valence-electron chi connectivity index (χ4n) is 3.93. The summed E-state index contributed by atoms with van der Waals surface area (Å²) in [5.41, 5.74) is -2.36. The lowest BCUT2D eigenvalue weighted by Gasteiger charge is -2.38. The average Bonchev–Trinajstić information content (AvgIpc) is 3.24. The van der Waals surface area contributed by atoms with E-state index >= 15 is 0 Å². The predicted octanol–water partition coefficient (Wildman–Crippen LogP) is 2.79. The summed E-state index contributed by atoms with van der Waals surface area (Å²) in [6, 6.07) is 8.18. The SMILES string of the molecule is CC(C)(C)OC(=O)NC(C)(C)C(=O)N[C@H](COCc1ccccc1)C(=O)Nc1cn(C2(C(=O)O)CCC2)cn1. The molecule has 4 N–H and O–H groups in total. The molecule has 12 nitrogen and oxygen atoms in total. The molecule has 12 heteroatoms. The number of carbonyl (C=O) groups excluding carboxylic acids is 3. The first-order valence-electron chi connectivity index (χ1n) is 12.7. The molecule has 0 saturated heterocycles. The van der Waals surface area contributed by atoms with E-state index in [2.05, 4.69) is 20.9 Å². The van der Waals surface area contributed by atoms with E-state index < -0.39 is 46.6 Å². The second kappa shape index (κ2) is 11.9. The highest BCUT2D eigenvalue weighted by Crippen LogP contribution is 2.39. The number of hydrogen-bond acceptors (Lipinski definition) is 7. The molecule has 1 aliphatic carbocycles. The molecule has 1 atom stereocenters. The zero-order valence-corrected chi connectivity index (χ0v) is 22.9. The monoisotopic (exact) mass is 543 g/mol. The number of rotatable bonds is 11. The van der Waals surface area contributed by atoms with Crippen molar-refractivity contribution in [2.24, 2.45) is 0 Å². The number of carboxylic acids is 1. The molecule has 1 aromatic heterocycles. The molecule has 1 heterocycles. The number of benzene rings is 1. The average molecular weight is 544 g/mol. The van der Waals surface area contributed by atoms with E-state index in [0.717, 1.165) is 12.0 Å². The maximum atomic E-state index is 13.2. The highest BCUT2D eigenvalue weighted by molar-refractivity contribution is 5.98. The first kappa shape index (κ1) is 29.6. The van der Waals surface area contributed by atoms with Crippen LogP contribution in [-0.2, 0) is 36.0 Å². The summed E-state index contributed by atoms with van der Waals surface area (Å²) < 4.78 is 12.5. The summed E-state index contributed by atoms with van der Waals surface area (Å²) in [6.45, 7) is 8.11. The maximum Gasteiger partial charge on any atom is 0.408 e. The number of ether oxygens (including phenoxy) is 2. The molecule has 39 heavy (non-hydrogen) atoms. The second-order valence-electron chi connectivity index (χ2n) is 11.1. The number of carboxylic acid groups (broad SMARTS) is 1. The standard InChI is InChI=1S/C27H37N5O7/c1-25(2,3)39-24(37)31-26(4,5)22(34)29-19(16-38-15-18-10-7-6-8-11-18)21(33)30-20-14-32(17-28-20)27(23(35)36)12-9-13-27/h6-8,10-11,14,17,19H,9,12-13,15-16H2,1-5H3,(H,29,34)(H,30,33)(H,31,37)(H,35,36)/t19-/m1/s1.